The van der Waals surface area contributed by atoms with Crippen molar-refractivity contribution in [2.45, 2.75) is 6.92 Å². The fourth-order valence-electron chi connectivity index (χ4n) is 2.40. The second-order valence-corrected chi connectivity index (χ2v) is 7.23. The third kappa shape index (κ3) is 3.06. The SMILES string of the molecule is Cc1nnc2sc(-c3ccccc3NC(=O)c3ccc(Br)cc3)nn12. The van der Waals surface area contributed by atoms with Gasteiger partial charge in [0.2, 0.25) is 4.96 Å². The lowest BCUT2D eigenvalue weighted by Crippen LogP contribution is -2.12. The van der Waals surface area contributed by atoms with Crippen LogP contribution < -0.4 is 5.32 Å². The summed E-state index contributed by atoms with van der Waals surface area (Å²) in [4.78, 5) is 13.2. The van der Waals surface area contributed by atoms with Crippen LogP contribution >= 0.6 is 27.3 Å². The Labute approximate surface area is 155 Å². The number of carbonyl (C=O) groups excluding carboxylic acids is 1. The quantitative estimate of drug-likeness (QED) is 0.546. The third-order valence-electron chi connectivity index (χ3n) is 3.66. The van der Waals surface area contributed by atoms with Gasteiger partial charge in [0.05, 0.1) is 5.69 Å². The molecule has 0 fully saturated rings. The molecule has 0 saturated heterocycles. The molecule has 4 aromatic rings. The highest BCUT2D eigenvalue weighted by atomic mass is 79.9. The van der Waals surface area contributed by atoms with Gasteiger partial charge >= 0.3 is 0 Å². The number of hydrogen-bond acceptors (Lipinski definition) is 5. The predicted molar refractivity (Wildman–Crippen MR) is 101 cm³/mol. The number of anilines is 1. The number of amides is 1. The van der Waals surface area contributed by atoms with Gasteiger partial charge in [0.15, 0.2) is 5.82 Å². The molecule has 2 aromatic carbocycles. The van der Waals surface area contributed by atoms with Crippen molar-refractivity contribution in [2.75, 3.05) is 5.32 Å². The van der Waals surface area contributed by atoms with Gasteiger partial charge in [-0.25, -0.2) is 0 Å². The molecule has 1 amide bonds. The summed E-state index contributed by atoms with van der Waals surface area (Å²) < 4.78 is 2.63. The number of hydrogen-bond donors (Lipinski definition) is 1. The Bertz CT molecular complexity index is 1070. The molecule has 0 radical (unpaired) electrons. The van der Waals surface area contributed by atoms with E-state index < -0.39 is 0 Å². The van der Waals surface area contributed by atoms with Crippen LogP contribution in [0.15, 0.2) is 53.0 Å². The van der Waals surface area contributed by atoms with Crippen molar-refractivity contribution in [3.8, 4) is 10.6 Å². The van der Waals surface area contributed by atoms with Crippen molar-refractivity contribution < 1.29 is 4.79 Å². The van der Waals surface area contributed by atoms with Crippen molar-refractivity contribution in [3.63, 3.8) is 0 Å². The maximum Gasteiger partial charge on any atom is 0.255 e. The molecular weight excluding hydrogens is 402 g/mol. The summed E-state index contributed by atoms with van der Waals surface area (Å²) >= 11 is 4.80. The lowest BCUT2D eigenvalue weighted by Gasteiger charge is -2.09. The number of fused-ring (bicyclic) bond motifs is 1. The van der Waals surface area contributed by atoms with Crippen molar-refractivity contribution in [2.24, 2.45) is 0 Å². The van der Waals surface area contributed by atoms with Gasteiger partial charge in [0.1, 0.15) is 5.01 Å². The van der Waals surface area contributed by atoms with Gasteiger partial charge < -0.3 is 5.32 Å². The molecule has 25 heavy (non-hydrogen) atoms. The van der Waals surface area contributed by atoms with Crippen LogP contribution in [0.4, 0.5) is 5.69 Å². The summed E-state index contributed by atoms with van der Waals surface area (Å²) in [6.45, 7) is 1.85. The molecule has 0 atom stereocenters. The summed E-state index contributed by atoms with van der Waals surface area (Å²) in [5, 5.41) is 16.4. The van der Waals surface area contributed by atoms with Crippen LogP contribution in [0.3, 0.4) is 0 Å². The van der Waals surface area contributed by atoms with E-state index in [0.717, 1.165) is 25.8 Å². The van der Waals surface area contributed by atoms with Crippen LogP contribution in [0.5, 0.6) is 0 Å². The fraction of sp³-hybridized carbons (Fsp3) is 0.0588. The smallest absolute Gasteiger partial charge is 0.255 e. The lowest BCUT2D eigenvalue weighted by molar-refractivity contribution is 0.102. The van der Waals surface area contributed by atoms with Crippen LogP contribution in [0.1, 0.15) is 16.2 Å². The van der Waals surface area contributed by atoms with Crippen molar-refractivity contribution in [1.29, 1.82) is 0 Å². The average Bonchev–Trinajstić information content (AvgIpc) is 3.18. The molecule has 2 heterocycles. The summed E-state index contributed by atoms with van der Waals surface area (Å²) in [5.74, 6) is 0.563. The number of para-hydroxylation sites is 1. The van der Waals surface area contributed by atoms with E-state index in [1.807, 2.05) is 43.3 Å². The molecule has 124 valence electrons. The third-order valence-corrected chi connectivity index (χ3v) is 5.12. The minimum Gasteiger partial charge on any atom is -0.321 e. The van der Waals surface area contributed by atoms with Gasteiger partial charge in [-0.1, -0.05) is 39.4 Å². The number of carbonyl (C=O) groups is 1. The zero-order valence-corrected chi connectivity index (χ0v) is 15.5. The molecule has 8 heteroatoms. The molecule has 6 nitrogen and oxygen atoms in total. The molecular formula is C17H12BrN5OS. The first-order chi connectivity index (χ1) is 12.1. The normalized spacial score (nSPS) is 11.0. The molecule has 0 unspecified atom stereocenters. The molecule has 0 aliphatic rings. The van der Waals surface area contributed by atoms with Gasteiger partial charge in [-0.2, -0.15) is 9.61 Å². The minimum atomic E-state index is -0.167. The van der Waals surface area contributed by atoms with E-state index in [4.69, 9.17) is 0 Å². The highest BCUT2D eigenvalue weighted by Gasteiger charge is 2.15. The Hall–Kier alpha value is -2.58. The van der Waals surface area contributed by atoms with E-state index >= 15 is 0 Å². The van der Waals surface area contributed by atoms with Gasteiger partial charge in [0.25, 0.3) is 5.91 Å². The summed E-state index contributed by atoms with van der Waals surface area (Å²) in [7, 11) is 0. The standard InChI is InChI=1S/C17H12BrN5OS/c1-10-20-21-17-23(10)22-16(25-17)13-4-2-3-5-14(13)19-15(24)11-6-8-12(18)9-7-11/h2-9H,1H3,(H,19,24). The van der Waals surface area contributed by atoms with Gasteiger partial charge in [-0.3, -0.25) is 4.79 Å². The van der Waals surface area contributed by atoms with Crippen molar-refractivity contribution in [1.82, 2.24) is 19.8 Å². The summed E-state index contributed by atoms with van der Waals surface area (Å²) in [6, 6.07) is 14.8. The van der Waals surface area contributed by atoms with Crippen molar-refractivity contribution in [3.05, 3.63) is 64.4 Å². The number of rotatable bonds is 3. The molecule has 0 aliphatic carbocycles. The number of nitrogens with one attached hydrogen (secondary N) is 1. The van der Waals surface area contributed by atoms with Crippen LogP contribution in [-0.2, 0) is 0 Å². The monoisotopic (exact) mass is 413 g/mol. The Morgan fingerprint density at radius 1 is 1.12 bits per heavy atom. The van der Waals surface area contributed by atoms with Gasteiger partial charge in [0, 0.05) is 15.6 Å². The highest BCUT2D eigenvalue weighted by molar-refractivity contribution is 9.10. The fourth-order valence-corrected chi connectivity index (χ4v) is 3.59. The van der Waals surface area contributed by atoms with E-state index in [1.165, 1.54) is 11.3 Å². The van der Waals surface area contributed by atoms with Crippen molar-refractivity contribution >= 4 is 43.8 Å². The van der Waals surface area contributed by atoms with E-state index in [-0.39, 0.29) is 5.91 Å². The molecule has 1 N–H and O–H groups in total. The largest absolute Gasteiger partial charge is 0.321 e. The first-order valence-electron chi connectivity index (χ1n) is 7.47. The molecule has 0 saturated carbocycles. The topological polar surface area (TPSA) is 72.2 Å². The summed E-state index contributed by atoms with van der Waals surface area (Å²) in [6.07, 6.45) is 0. The maximum absolute atomic E-state index is 12.5. The number of benzene rings is 2. The highest BCUT2D eigenvalue weighted by Crippen LogP contribution is 2.31. The second kappa shape index (κ2) is 6.38. The predicted octanol–water partition coefficient (Wildman–Crippen LogP) is 4.18. The molecule has 4 rings (SSSR count). The van der Waals surface area contributed by atoms with Crippen LogP contribution in [0.25, 0.3) is 15.5 Å². The van der Waals surface area contributed by atoms with E-state index in [2.05, 4.69) is 36.5 Å². The Morgan fingerprint density at radius 2 is 1.88 bits per heavy atom. The lowest BCUT2D eigenvalue weighted by atomic mass is 10.1. The van der Waals surface area contributed by atoms with Gasteiger partial charge in [-0.15, -0.1) is 10.2 Å². The Kier molecular flexibility index (Phi) is 4.06. The van der Waals surface area contributed by atoms with E-state index in [0.29, 0.717) is 11.3 Å². The molecule has 0 bridgehead atoms. The first kappa shape index (κ1) is 15.9. The first-order valence-corrected chi connectivity index (χ1v) is 9.08. The van der Waals surface area contributed by atoms with Gasteiger partial charge in [-0.05, 0) is 43.3 Å². The Morgan fingerprint density at radius 3 is 2.64 bits per heavy atom. The number of halogens is 1. The average molecular weight is 414 g/mol. The zero-order valence-electron chi connectivity index (χ0n) is 13.1. The Balaban J connectivity index is 1.69. The second-order valence-electron chi connectivity index (χ2n) is 5.36. The summed E-state index contributed by atoms with van der Waals surface area (Å²) in [5.41, 5.74) is 2.15. The van der Waals surface area contributed by atoms with Crippen LogP contribution in [-0.4, -0.2) is 25.7 Å². The van der Waals surface area contributed by atoms with E-state index in [9.17, 15) is 4.79 Å². The maximum atomic E-state index is 12.5. The zero-order chi connectivity index (χ0) is 17.4. The number of aryl methyl sites for hydroxylation is 1. The number of nitrogens with zero attached hydrogens (tertiary/aromatic N) is 4. The number of aromatic nitrogens is 4. The van der Waals surface area contributed by atoms with E-state index in [1.54, 1.807) is 16.6 Å². The van der Waals surface area contributed by atoms with Crippen LogP contribution in [0, 0.1) is 6.92 Å². The molecule has 0 aliphatic heterocycles. The molecule has 2 aromatic heterocycles. The molecule has 0 spiro atoms. The minimum absolute atomic E-state index is 0.167. The van der Waals surface area contributed by atoms with Crippen LogP contribution in [0.2, 0.25) is 0 Å².